The Hall–Kier alpha value is -0.0400. The molecule has 0 aromatic rings. The van der Waals surface area contributed by atoms with Gasteiger partial charge in [0.25, 0.3) is 0 Å². The summed E-state index contributed by atoms with van der Waals surface area (Å²) in [6.07, 6.45) is 5.26. The number of hydrogen-bond acceptors (Lipinski definition) is 1. The SMILES string of the molecule is CCCCC(COC)[C@H](C)CC. The first-order valence-electron chi connectivity index (χ1n) is 5.25. The molecule has 0 N–H and O–H groups in total. The van der Waals surface area contributed by atoms with E-state index in [1.54, 1.807) is 7.11 Å². The van der Waals surface area contributed by atoms with Crippen LogP contribution < -0.4 is 0 Å². The van der Waals surface area contributed by atoms with Crippen molar-refractivity contribution >= 4 is 0 Å². The predicted octanol–water partition coefficient (Wildman–Crippen LogP) is 3.49. The number of ether oxygens (including phenoxy) is 1. The maximum absolute atomic E-state index is 5.22. The second-order valence-corrected chi connectivity index (χ2v) is 3.74. The van der Waals surface area contributed by atoms with Gasteiger partial charge in [-0.3, -0.25) is 0 Å². The second-order valence-electron chi connectivity index (χ2n) is 3.74. The molecule has 1 nitrogen and oxygen atoms in total. The Balaban J connectivity index is 3.68. The smallest absolute Gasteiger partial charge is 0.0493 e. The first-order chi connectivity index (χ1) is 5.76. The summed E-state index contributed by atoms with van der Waals surface area (Å²) in [6, 6.07) is 0. The molecule has 0 saturated heterocycles. The van der Waals surface area contributed by atoms with Crippen molar-refractivity contribution in [3.63, 3.8) is 0 Å². The predicted molar refractivity (Wildman–Crippen MR) is 54.3 cm³/mol. The average Bonchev–Trinajstić information content (AvgIpc) is 2.11. The second kappa shape index (κ2) is 7.60. The first kappa shape index (κ1) is 12.0. The van der Waals surface area contributed by atoms with E-state index in [0.29, 0.717) is 0 Å². The van der Waals surface area contributed by atoms with E-state index >= 15 is 0 Å². The Kier molecular flexibility index (Phi) is 7.58. The van der Waals surface area contributed by atoms with E-state index in [0.717, 1.165) is 18.4 Å². The minimum Gasteiger partial charge on any atom is -0.384 e. The van der Waals surface area contributed by atoms with Crippen molar-refractivity contribution in [3.8, 4) is 0 Å². The van der Waals surface area contributed by atoms with Crippen LogP contribution in [-0.2, 0) is 4.74 Å². The maximum Gasteiger partial charge on any atom is 0.0493 e. The van der Waals surface area contributed by atoms with Gasteiger partial charge >= 0.3 is 0 Å². The molecule has 74 valence electrons. The molecule has 1 heteroatoms. The van der Waals surface area contributed by atoms with Crippen LogP contribution >= 0.6 is 0 Å². The third-order valence-electron chi connectivity index (χ3n) is 2.76. The molecule has 0 aliphatic carbocycles. The lowest BCUT2D eigenvalue weighted by Crippen LogP contribution is -2.16. The van der Waals surface area contributed by atoms with Crippen molar-refractivity contribution in [3.05, 3.63) is 0 Å². The van der Waals surface area contributed by atoms with E-state index in [4.69, 9.17) is 4.74 Å². The van der Waals surface area contributed by atoms with Gasteiger partial charge in [-0.25, -0.2) is 0 Å². The van der Waals surface area contributed by atoms with Gasteiger partial charge in [0.05, 0.1) is 0 Å². The number of hydrogen-bond donors (Lipinski definition) is 0. The third kappa shape index (κ3) is 4.76. The summed E-state index contributed by atoms with van der Waals surface area (Å²) in [5.74, 6) is 1.59. The molecule has 0 aromatic carbocycles. The normalized spacial score (nSPS) is 16.0. The topological polar surface area (TPSA) is 9.23 Å². The highest BCUT2D eigenvalue weighted by atomic mass is 16.5. The summed E-state index contributed by atoms with van der Waals surface area (Å²) in [7, 11) is 1.81. The van der Waals surface area contributed by atoms with Gasteiger partial charge < -0.3 is 4.74 Å². The molecule has 0 amide bonds. The molecule has 1 unspecified atom stereocenters. The summed E-state index contributed by atoms with van der Waals surface area (Å²) in [5.41, 5.74) is 0. The van der Waals surface area contributed by atoms with Crippen molar-refractivity contribution < 1.29 is 4.74 Å². The average molecular weight is 172 g/mol. The van der Waals surface area contributed by atoms with E-state index < -0.39 is 0 Å². The van der Waals surface area contributed by atoms with Crippen molar-refractivity contribution in [1.82, 2.24) is 0 Å². The van der Waals surface area contributed by atoms with Crippen LogP contribution in [-0.4, -0.2) is 13.7 Å². The van der Waals surface area contributed by atoms with Crippen molar-refractivity contribution in [2.24, 2.45) is 11.8 Å². The van der Waals surface area contributed by atoms with Gasteiger partial charge in [0, 0.05) is 13.7 Å². The minimum absolute atomic E-state index is 0.778. The molecule has 2 atom stereocenters. The Bertz CT molecular complexity index is 91.0. The standard InChI is InChI=1S/C11H24O/c1-5-7-8-11(9-12-4)10(3)6-2/h10-11H,5-9H2,1-4H3/t10-,11?/m1/s1. The van der Waals surface area contributed by atoms with Crippen LogP contribution in [0.1, 0.15) is 46.5 Å². The number of methoxy groups -OCH3 is 1. The van der Waals surface area contributed by atoms with Gasteiger partial charge in [-0.15, -0.1) is 0 Å². The van der Waals surface area contributed by atoms with Crippen molar-refractivity contribution in [2.75, 3.05) is 13.7 Å². The van der Waals surface area contributed by atoms with Crippen LogP contribution in [0, 0.1) is 11.8 Å². The summed E-state index contributed by atoms with van der Waals surface area (Å²) in [4.78, 5) is 0. The van der Waals surface area contributed by atoms with E-state index in [1.807, 2.05) is 0 Å². The molecule has 0 aliphatic rings. The quantitative estimate of drug-likeness (QED) is 0.571. The molecule has 0 aromatic heterocycles. The fourth-order valence-corrected chi connectivity index (χ4v) is 1.55. The first-order valence-corrected chi connectivity index (χ1v) is 5.25. The summed E-state index contributed by atoms with van der Waals surface area (Å²) < 4.78 is 5.22. The highest BCUT2D eigenvalue weighted by Crippen LogP contribution is 2.21. The van der Waals surface area contributed by atoms with Crippen LogP contribution in [0.4, 0.5) is 0 Å². The van der Waals surface area contributed by atoms with Crippen molar-refractivity contribution in [1.29, 1.82) is 0 Å². The van der Waals surface area contributed by atoms with Crippen LogP contribution in [0.5, 0.6) is 0 Å². The molecule has 0 heterocycles. The fraction of sp³-hybridized carbons (Fsp3) is 1.00. The highest BCUT2D eigenvalue weighted by Gasteiger charge is 2.14. The van der Waals surface area contributed by atoms with Crippen LogP contribution in [0.15, 0.2) is 0 Å². The summed E-state index contributed by atoms with van der Waals surface area (Å²) in [5, 5.41) is 0. The van der Waals surface area contributed by atoms with Gasteiger partial charge in [0.2, 0.25) is 0 Å². The van der Waals surface area contributed by atoms with Gasteiger partial charge in [-0.2, -0.15) is 0 Å². The zero-order valence-corrected chi connectivity index (χ0v) is 9.10. The Morgan fingerprint density at radius 3 is 2.33 bits per heavy atom. The molecule has 0 saturated carbocycles. The monoisotopic (exact) mass is 172 g/mol. The highest BCUT2D eigenvalue weighted by molar-refractivity contribution is 4.64. The number of unbranched alkanes of at least 4 members (excludes halogenated alkanes) is 1. The lowest BCUT2D eigenvalue weighted by molar-refractivity contribution is 0.116. The van der Waals surface area contributed by atoms with E-state index in [1.165, 1.54) is 25.7 Å². The van der Waals surface area contributed by atoms with Gasteiger partial charge in [-0.1, -0.05) is 40.0 Å². The molecule has 12 heavy (non-hydrogen) atoms. The van der Waals surface area contributed by atoms with Gasteiger partial charge in [0.15, 0.2) is 0 Å². The molecule has 0 aliphatic heterocycles. The molecule has 0 rings (SSSR count). The lowest BCUT2D eigenvalue weighted by Gasteiger charge is -2.21. The van der Waals surface area contributed by atoms with Crippen LogP contribution in [0.2, 0.25) is 0 Å². The zero-order chi connectivity index (χ0) is 9.40. The Labute approximate surface area is 77.5 Å². The van der Waals surface area contributed by atoms with Gasteiger partial charge in [0.1, 0.15) is 0 Å². The van der Waals surface area contributed by atoms with Gasteiger partial charge in [-0.05, 0) is 18.3 Å². The van der Waals surface area contributed by atoms with Crippen LogP contribution in [0.3, 0.4) is 0 Å². The largest absolute Gasteiger partial charge is 0.384 e. The summed E-state index contributed by atoms with van der Waals surface area (Å²) >= 11 is 0. The van der Waals surface area contributed by atoms with E-state index in [-0.39, 0.29) is 0 Å². The minimum atomic E-state index is 0.778. The third-order valence-corrected chi connectivity index (χ3v) is 2.76. The zero-order valence-electron chi connectivity index (χ0n) is 9.10. The van der Waals surface area contributed by atoms with Crippen LogP contribution in [0.25, 0.3) is 0 Å². The van der Waals surface area contributed by atoms with E-state index in [9.17, 15) is 0 Å². The van der Waals surface area contributed by atoms with E-state index in [2.05, 4.69) is 20.8 Å². The number of rotatable bonds is 7. The molecular formula is C11H24O. The molecule has 0 fully saturated rings. The lowest BCUT2D eigenvalue weighted by atomic mass is 9.88. The summed E-state index contributed by atoms with van der Waals surface area (Å²) in [6.45, 7) is 7.79. The Morgan fingerprint density at radius 2 is 1.92 bits per heavy atom. The maximum atomic E-state index is 5.22. The molecular weight excluding hydrogens is 148 g/mol. The fourth-order valence-electron chi connectivity index (χ4n) is 1.55. The Morgan fingerprint density at radius 1 is 1.25 bits per heavy atom. The molecule has 0 radical (unpaired) electrons. The van der Waals surface area contributed by atoms with Crippen molar-refractivity contribution in [2.45, 2.75) is 46.5 Å². The molecule has 0 bridgehead atoms. The molecule has 0 spiro atoms.